The largest absolute Gasteiger partial charge is 0.481 e. The molecule has 1 spiro atoms. The van der Waals surface area contributed by atoms with Crippen molar-refractivity contribution in [1.82, 2.24) is 19.8 Å². The Bertz CT molecular complexity index is 720. The minimum absolute atomic E-state index is 0.0318. The Morgan fingerprint density at radius 1 is 1.24 bits per heavy atom. The van der Waals surface area contributed by atoms with Crippen molar-refractivity contribution in [3.05, 3.63) is 23.3 Å². The molecule has 25 heavy (non-hydrogen) atoms. The molecule has 0 radical (unpaired) electrons. The fourth-order valence-corrected chi connectivity index (χ4v) is 4.07. The van der Waals surface area contributed by atoms with E-state index in [9.17, 15) is 19.5 Å². The van der Waals surface area contributed by atoms with Gasteiger partial charge in [-0.3, -0.25) is 14.4 Å². The van der Waals surface area contributed by atoms with Gasteiger partial charge in [-0.15, -0.1) is 0 Å². The number of aryl methyl sites for hydroxylation is 2. The van der Waals surface area contributed by atoms with Gasteiger partial charge in [0.25, 0.3) is 5.91 Å². The maximum absolute atomic E-state index is 12.7. The molecule has 8 heteroatoms. The van der Waals surface area contributed by atoms with E-state index in [1.54, 1.807) is 29.8 Å². The molecule has 3 rings (SSSR count). The number of rotatable bonds is 2. The molecule has 0 aromatic carbocycles. The van der Waals surface area contributed by atoms with Crippen LogP contribution in [0.4, 0.5) is 0 Å². The summed E-state index contributed by atoms with van der Waals surface area (Å²) in [6.45, 7) is 4.36. The zero-order valence-corrected chi connectivity index (χ0v) is 14.7. The highest BCUT2D eigenvalue weighted by Gasteiger charge is 2.55. The van der Waals surface area contributed by atoms with Gasteiger partial charge in [0, 0.05) is 32.3 Å². The summed E-state index contributed by atoms with van der Waals surface area (Å²) in [7, 11) is 1.67. The maximum Gasteiger partial charge on any atom is 0.309 e. The van der Waals surface area contributed by atoms with Crippen LogP contribution in [0, 0.1) is 19.8 Å². The van der Waals surface area contributed by atoms with E-state index in [-0.39, 0.29) is 18.2 Å². The minimum Gasteiger partial charge on any atom is -0.481 e. The van der Waals surface area contributed by atoms with Crippen LogP contribution in [0.25, 0.3) is 0 Å². The Morgan fingerprint density at radius 3 is 2.44 bits per heavy atom. The Morgan fingerprint density at radius 2 is 1.88 bits per heavy atom. The maximum atomic E-state index is 12.7. The summed E-state index contributed by atoms with van der Waals surface area (Å²) in [6, 6.07) is 1.66. The molecule has 2 aliphatic rings. The molecule has 2 fully saturated rings. The number of carboxylic acids is 1. The number of piperidine rings is 1. The number of carboxylic acid groups (broad SMARTS) is 1. The third-order valence-corrected chi connectivity index (χ3v) is 5.47. The Balaban J connectivity index is 1.78. The number of carbonyl (C=O) groups excluding carboxylic acids is 2. The van der Waals surface area contributed by atoms with E-state index in [1.165, 1.54) is 0 Å². The number of aromatic nitrogens is 2. The molecule has 1 atom stereocenters. The molecule has 8 nitrogen and oxygen atoms in total. The van der Waals surface area contributed by atoms with E-state index in [0.29, 0.717) is 37.4 Å². The number of nitrogens with zero attached hydrogens (tertiary/aromatic N) is 4. The molecule has 1 aromatic heterocycles. The molecule has 2 saturated heterocycles. The predicted octanol–water partition coefficient (Wildman–Crippen LogP) is 0.631. The van der Waals surface area contributed by atoms with Crippen molar-refractivity contribution >= 4 is 17.8 Å². The minimum atomic E-state index is -0.945. The van der Waals surface area contributed by atoms with E-state index >= 15 is 0 Å². The van der Waals surface area contributed by atoms with Crippen LogP contribution in [0.2, 0.25) is 0 Å². The quantitative estimate of drug-likeness (QED) is 0.842. The number of amides is 2. The van der Waals surface area contributed by atoms with E-state index in [2.05, 4.69) is 9.97 Å². The summed E-state index contributed by atoms with van der Waals surface area (Å²) in [6.07, 6.45) is 0.950. The summed E-state index contributed by atoms with van der Waals surface area (Å²) in [5.74, 6) is -1.44. The van der Waals surface area contributed by atoms with Crippen LogP contribution in [-0.4, -0.2) is 68.3 Å². The number of aliphatic carboxylic acids is 1. The van der Waals surface area contributed by atoms with Crippen molar-refractivity contribution in [2.24, 2.45) is 5.92 Å². The van der Waals surface area contributed by atoms with Crippen molar-refractivity contribution in [2.45, 2.75) is 38.6 Å². The van der Waals surface area contributed by atoms with E-state index in [0.717, 1.165) is 5.69 Å². The molecule has 3 heterocycles. The molecule has 1 aromatic rings. The Labute approximate surface area is 145 Å². The molecule has 134 valence electrons. The van der Waals surface area contributed by atoms with Gasteiger partial charge in [0.1, 0.15) is 11.5 Å². The first-order valence-corrected chi connectivity index (χ1v) is 8.35. The molecule has 0 aliphatic carbocycles. The lowest BCUT2D eigenvalue weighted by Crippen LogP contribution is -2.57. The average molecular weight is 346 g/mol. The molecule has 0 bridgehead atoms. The lowest BCUT2D eigenvalue weighted by atomic mass is 9.77. The van der Waals surface area contributed by atoms with Crippen LogP contribution < -0.4 is 0 Å². The molecule has 1 N–H and O–H groups in total. The van der Waals surface area contributed by atoms with Crippen molar-refractivity contribution < 1.29 is 19.5 Å². The first kappa shape index (κ1) is 17.3. The topological polar surface area (TPSA) is 104 Å². The molecular weight excluding hydrogens is 324 g/mol. The molecule has 0 saturated carbocycles. The van der Waals surface area contributed by atoms with Crippen molar-refractivity contribution in [2.75, 3.05) is 20.1 Å². The number of likely N-dealkylation sites (tertiary alicyclic amines) is 2. The first-order chi connectivity index (χ1) is 11.7. The molecule has 1 unspecified atom stereocenters. The lowest BCUT2D eigenvalue weighted by molar-refractivity contribution is -0.145. The summed E-state index contributed by atoms with van der Waals surface area (Å²) < 4.78 is 0. The number of hydrogen-bond donors (Lipinski definition) is 1. The smallest absolute Gasteiger partial charge is 0.309 e. The summed E-state index contributed by atoms with van der Waals surface area (Å²) in [4.78, 5) is 48.0. The average Bonchev–Trinajstić information content (AvgIpc) is 2.79. The van der Waals surface area contributed by atoms with Crippen LogP contribution in [0.3, 0.4) is 0 Å². The van der Waals surface area contributed by atoms with E-state index in [1.807, 2.05) is 6.92 Å². The molecule has 2 aliphatic heterocycles. The Hall–Kier alpha value is -2.51. The van der Waals surface area contributed by atoms with Gasteiger partial charge in [-0.25, -0.2) is 9.97 Å². The number of carbonyl (C=O) groups is 3. The highest BCUT2D eigenvalue weighted by atomic mass is 16.4. The van der Waals surface area contributed by atoms with Gasteiger partial charge in [-0.1, -0.05) is 0 Å². The van der Waals surface area contributed by atoms with Crippen LogP contribution in [-0.2, 0) is 9.59 Å². The lowest BCUT2D eigenvalue weighted by Gasteiger charge is -2.45. The van der Waals surface area contributed by atoms with E-state index in [4.69, 9.17) is 0 Å². The monoisotopic (exact) mass is 346 g/mol. The van der Waals surface area contributed by atoms with E-state index < -0.39 is 17.4 Å². The summed E-state index contributed by atoms with van der Waals surface area (Å²) >= 11 is 0. The van der Waals surface area contributed by atoms with Crippen molar-refractivity contribution in [1.29, 1.82) is 0 Å². The highest BCUT2D eigenvalue weighted by Crippen LogP contribution is 2.42. The second-order valence-electron chi connectivity index (χ2n) is 6.89. The fraction of sp³-hybridized carbons (Fsp3) is 0.588. The van der Waals surface area contributed by atoms with Gasteiger partial charge in [0.2, 0.25) is 5.91 Å². The Kier molecular flexibility index (Phi) is 4.22. The first-order valence-electron chi connectivity index (χ1n) is 8.35. The van der Waals surface area contributed by atoms with Crippen LogP contribution >= 0.6 is 0 Å². The van der Waals surface area contributed by atoms with Gasteiger partial charge in [0.15, 0.2) is 0 Å². The van der Waals surface area contributed by atoms with Crippen molar-refractivity contribution in [3.63, 3.8) is 0 Å². The normalized spacial score (nSPS) is 22.5. The van der Waals surface area contributed by atoms with Gasteiger partial charge >= 0.3 is 5.97 Å². The van der Waals surface area contributed by atoms with Crippen molar-refractivity contribution in [3.8, 4) is 0 Å². The number of hydrogen-bond acceptors (Lipinski definition) is 5. The third kappa shape index (κ3) is 2.85. The second-order valence-corrected chi connectivity index (χ2v) is 6.89. The van der Waals surface area contributed by atoms with Crippen LogP contribution in [0.15, 0.2) is 6.07 Å². The molecule has 2 amide bonds. The predicted molar refractivity (Wildman–Crippen MR) is 87.9 cm³/mol. The molecular formula is C17H22N4O4. The van der Waals surface area contributed by atoms with Gasteiger partial charge < -0.3 is 14.9 Å². The van der Waals surface area contributed by atoms with Gasteiger partial charge in [-0.05, 0) is 32.8 Å². The van der Waals surface area contributed by atoms with Gasteiger partial charge in [0.05, 0.1) is 11.5 Å². The SMILES string of the molecule is Cc1cc(C(=O)N2CCC3(CC2)C(C(=O)O)CC(=O)N3C)nc(C)n1. The summed E-state index contributed by atoms with van der Waals surface area (Å²) in [5, 5.41) is 9.50. The second kappa shape index (κ2) is 6.09. The zero-order chi connectivity index (χ0) is 18.4. The zero-order valence-electron chi connectivity index (χ0n) is 14.7. The van der Waals surface area contributed by atoms with Crippen LogP contribution in [0.1, 0.15) is 41.3 Å². The summed E-state index contributed by atoms with van der Waals surface area (Å²) in [5.41, 5.74) is 0.389. The fourth-order valence-electron chi connectivity index (χ4n) is 4.07. The van der Waals surface area contributed by atoms with Gasteiger partial charge in [-0.2, -0.15) is 0 Å². The standard InChI is InChI=1S/C17H22N4O4/c1-10-8-13(19-11(2)18-10)15(23)21-6-4-17(5-7-21)12(16(24)25)9-14(22)20(17)3/h8,12H,4-7,9H2,1-3H3,(H,24,25). The highest BCUT2D eigenvalue weighted by molar-refractivity contribution is 5.93. The third-order valence-electron chi connectivity index (χ3n) is 5.47. The van der Waals surface area contributed by atoms with Crippen LogP contribution in [0.5, 0.6) is 0 Å².